The van der Waals surface area contributed by atoms with Crippen molar-refractivity contribution in [2.24, 2.45) is 0 Å². The standard InChI is InChI=1S/C21H26N2O4/c1-15(2)27-18-10-4-3-8-16(18)14-22-20(24)17-9-5-6-12-23(17)21(25)19-11-7-13-26-19/h3-4,7-8,10-11,13,15,17H,5-6,9,12,14H2,1-2H3,(H,22,24)/t17-/m1/s1. The van der Waals surface area contributed by atoms with E-state index in [9.17, 15) is 9.59 Å². The molecule has 1 N–H and O–H groups in total. The Kier molecular flexibility index (Phi) is 6.16. The van der Waals surface area contributed by atoms with Crippen molar-refractivity contribution in [3.05, 3.63) is 54.0 Å². The third kappa shape index (κ3) is 4.70. The first-order valence-corrected chi connectivity index (χ1v) is 9.43. The van der Waals surface area contributed by atoms with Crippen LogP contribution in [0.1, 0.15) is 49.2 Å². The molecule has 1 aromatic carbocycles. The number of rotatable bonds is 6. The second-order valence-corrected chi connectivity index (χ2v) is 6.98. The molecule has 1 atom stereocenters. The monoisotopic (exact) mass is 370 g/mol. The molecular formula is C21H26N2O4. The first-order valence-electron chi connectivity index (χ1n) is 9.43. The number of nitrogens with one attached hydrogen (secondary N) is 1. The van der Waals surface area contributed by atoms with Gasteiger partial charge in [-0.1, -0.05) is 18.2 Å². The summed E-state index contributed by atoms with van der Waals surface area (Å²) in [5, 5.41) is 2.97. The van der Waals surface area contributed by atoms with Crippen LogP contribution < -0.4 is 10.1 Å². The number of likely N-dealkylation sites (tertiary alicyclic amines) is 1. The van der Waals surface area contributed by atoms with E-state index in [2.05, 4.69) is 5.32 Å². The van der Waals surface area contributed by atoms with Crippen LogP contribution in [0, 0.1) is 0 Å². The number of carbonyl (C=O) groups excluding carboxylic acids is 2. The Hall–Kier alpha value is -2.76. The molecule has 6 nitrogen and oxygen atoms in total. The smallest absolute Gasteiger partial charge is 0.290 e. The molecule has 1 aliphatic rings. The SMILES string of the molecule is CC(C)Oc1ccccc1CNC(=O)[C@H]1CCCCN1C(=O)c1ccco1. The van der Waals surface area contributed by atoms with Gasteiger partial charge < -0.3 is 19.4 Å². The van der Waals surface area contributed by atoms with Gasteiger partial charge in [-0.25, -0.2) is 0 Å². The number of ether oxygens (including phenoxy) is 1. The van der Waals surface area contributed by atoms with Gasteiger partial charge in [-0.3, -0.25) is 9.59 Å². The molecule has 27 heavy (non-hydrogen) atoms. The summed E-state index contributed by atoms with van der Waals surface area (Å²) in [5.41, 5.74) is 0.916. The molecule has 0 radical (unpaired) electrons. The average Bonchev–Trinajstić information content (AvgIpc) is 3.21. The fraction of sp³-hybridized carbons (Fsp3) is 0.429. The van der Waals surface area contributed by atoms with E-state index in [1.165, 1.54) is 6.26 Å². The van der Waals surface area contributed by atoms with Crippen molar-refractivity contribution in [2.75, 3.05) is 6.54 Å². The van der Waals surface area contributed by atoms with Crippen LogP contribution in [0.4, 0.5) is 0 Å². The van der Waals surface area contributed by atoms with E-state index in [1.807, 2.05) is 38.1 Å². The van der Waals surface area contributed by atoms with Crippen LogP contribution in [-0.4, -0.2) is 35.4 Å². The number of piperidine rings is 1. The minimum absolute atomic E-state index is 0.0570. The van der Waals surface area contributed by atoms with Gasteiger partial charge >= 0.3 is 0 Å². The largest absolute Gasteiger partial charge is 0.491 e. The normalized spacial score (nSPS) is 17.0. The number of nitrogens with zero attached hydrogens (tertiary/aromatic N) is 1. The quantitative estimate of drug-likeness (QED) is 0.846. The Balaban J connectivity index is 1.67. The number of benzene rings is 1. The third-order valence-corrected chi connectivity index (χ3v) is 4.59. The Morgan fingerprint density at radius 1 is 1.22 bits per heavy atom. The highest BCUT2D eigenvalue weighted by atomic mass is 16.5. The first kappa shape index (κ1) is 19.0. The predicted molar refractivity (Wildman–Crippen MR) is 101 cm³/mol. The van der Waals surface area contributed by atoms with Crippen molar-refractivity contribution in [1.29, 1.82) is 0 Å². The van der Waals surface area contributed by atoms with E-state index < -0.39 is 6.04 Å². The number of para-hydroxylation sites is 1. The lowest BCUT2D eigenvalue weighted by atomic mass is 10.0. The summed E-state index contributed by atoms with van der Waals surface area (Å²) in [7, 11) is 0. The molecule has 6 heteroatoms. The summed E-state index contributed by atoms with van der Waals surface area (Å²) in [4.78, 5) is 27.1. The molecule has 0 saturated carbocycles. The Bertz CT molecular complexity index is 770. The molecule has 2 aromatic rings. The second-order valence-electron chi connectivity index (χ2n) is 6.98. The fourth-order valence-corrected chi connectivity index (χ4v) is 3.31. The van der Waals surface area contributed by atoms with Gasteiger partial charge in [0.15, 0.2) is 5.76 Å². The maximum absolute atomic E-state index is 12.8. The molecule has 1 fully saturated rings. The third-order valence-electron chi connectivity index (χ3n) is 4.59. The number of hydrogen-bond acceptors (Lipinski definition) is 4. The molecule has 3 rings (SSSR count). The van der Waals surface area contributed by atoms with Crippen molar-refractivity contribution < 1.29 is 18.7 Å². The summed E-state index contributed by atoms with van der Waals surface area (Å²) < 4.78 is 11.0. The summed E-state index contributed by atoms with van der Waals surface area (Å²) in [6.45, 7) is 4.86. The van der Waals surface area contributed by atoms with Crippen molar-refractivity contribution in [1.82, 2.24) is 10.2 Å². The van der Waals surface area contributed by atoms with Crippen molar-refractivity contribution in [2.45, 2.75) is 51.8 Å². The lowest BCUT2D eigenvalue weighted by Gasteiger charge is -2.34. The highest BCUT2D eigenvalue weighted by Gasteiger charge is 2.33. The van der Waals surface area contributed by atoms with E-state index in [-0.39, 0.29) is 23.7 Å². The van der Waals surface area contributed by atoms with Gasteiger partial charge in [-0.2, -0.15) is 0 Å². The van der Waals surface area contributed by atoms with Crippen LogP contribution in [0.5, 0.6) is 5.75 Å². The zero-order valence-corrected chi connectivity index (χ0v) is 15.8. The summed E-state index contributed by atoms with van der Waals surface area (Å²) in [6.07, 6.45) is 4.00. The van der Waals surface area contributed by atoms with Crippen LogP contribution in [0.15, 0.2) is 47.1 Å². The van der Waals surface area contributed by atoms with Crippen molar-refractivity contribution in [3.63, 3.8) is 0 Å². The lowest BCUT2D eigenvalue weighted by molar-refractivity contribution is -0.126. The van der Waals surface area contributed by atoms with Crippen LogP contribution in [0.25, 0.3) is 0 Å². The van der Waals surface area contributed by atoms with Crippen LogP contribution in [-0.2, 0) is 11.3 Å². The molecule has 0 unspecified atom stereocenters. The molecule has 2 heterocycles. The highest BCUT2D eigenvalue weighted by Crippen LogP contribution is 2.22. The summed E-state index contributed by atoms with van der Waals surface area (Å²) >= 11 is 0. The molecule has 0 spiro atoms. The first-order chi connectivity index (χ1) is 13.1. The molecule has 1 aliphatic heterocycles. The maximum Gasteiger partial charge on any atom is 0.290 e. The predicted octanol–water partition coefficient (Wildman–Crippen LogP) is 3.38. The molecule has 144 valence electrons. The molecule has 1 saturated heterocycles. The van der Waals surface area contributed by atoms with E-state index in [0.29, 0.717) is 19.5 Å². The zero-order chi connectivity index (χ0) is 19.2. The number of hydrogen-bond donors (Lipinski definition) is 1. The van der Waals surface area contributed by atoms with Crippen LogP contribution in [0.3, 0.4) is 0 Å². The van der Waals surface area contributed by atoms with Crippen molar-refractivity contribution >= 4 is 11.8 Å². The van der Waals surface area contributed by atoms with Gasteiger partial charge in [0, 0.05) is 18.7 Å². The average molecular weight is 370 g/mol. The van der Waals surface area contributed by atoms with Gasteiger partial charge in [-0.15, -0.1) is 0 Å². The van der Waals surface area contributed by atoms with Gasteiger partial charge in [0.25, 0.3) is 5.91 Å². The Morgan fingerprint density at radius 3 is 2.78 bits per heavy atom. The zero-order valence-electron chi connectivity index (χ0n) is 15.8. The van der Waals surface area contributed by atoms with Gasteiger partial charge in [0.1, 0.15) is 11.8 Å². The Labute approximate surface area is 159 Å². The lowest BCUT2D eigenvalue weighted by Crippen LogP contribution is -2.51. The summed E-state index contributed by atoms with van der Waals surface area (Å²) in [5.74, 6) is 0.655. The van der Waals surface area contributed by atoms with E-state index in [0.717, 1.165) is 24.2 Å². The molecular weight excluding hydrogens is 344 g/mol. The van der Waals surface area contributed by atoms with Gasteiger partial charge in [0.2, 0.25) is 5.91 Å². The minimum Gasteiger partial charge on any atom is -0.491 e. The topological polar surface area (TPSA) is 71.8 Å². The second kappa shape index (κ2) is 8.75. The molecule has 2 amide bonds. The minimum atomic E-state index is -0.477. The van der Waals surface area contributed by atoms with Crippen LogP contribution >= 0.6 is 0 Å². The maximum atomic E-state index is 12.8. The van der Waals surface area contributed by atoms with Crippen molar-refractivity contribution in [3.8, 4) is 5.75 Å². The molecule has 0 aliphatic carbocycles. The highest BCUT2D eigenvalue weighted by molar-refractivity contribution is 5.95. The number of amides is 2. The van der Waals surface area contributed by atoms with E-state index >= 15 is 0 Å². The van der Waals surface area contributed by atoms with Gasteiger partial charge in [-0.05, 0) is 51.3 Å². The number of furan rings is 1. The van der Waals surface area contributed by atoms with Gasteiger partial charge in [0.05, 0.1) is 12.4 Å². The van der Waals surface area contributed by atoms with Crippen LogP contribution in [0.2, 0.25) is 0 Å². The Morgan fingerprint density at radius 2 is 2.04 bits per heavy atom. The summed E-state index contributed by atoms with van der Waals surface area (Å²) in [6, 6.07) is 10.5. The molecule has 0 bridgehead atoms. The van der Waals surface area contributed by atoms with E-state index in [1.54, 1.807) is 17.0 Å². The number of carbonyl (C=O) groups is 2. The van der Waals surface area contributed by atoms with E-state index in [4.69, 9.17) is 9.15 Å². The fourth-order valence-electron chi connectivity index (χ4n) is 3.31. The molecule has 1 aromatic heterocycles.